The summed E-state index contributed by atoms with van der Waals surface area (Å²) >= 11 is 0. The molecule has 0 unspecified atom stereocenters. The van der Waals surface area contributed by atoms with Gasteiger partial charge in [-0.05, 0) is 0 Å². The van der Waals surface area contributed by atoms with E-state index in [-0.39, 0.29) is 5.91 Å². The molecule has 0 aliphatic heterocycles. The Kier molecular flexibility index (Phi) is 38.4. The molecule has 0 radical (unpaired) electrons. The highest BCUT2D eigenvalue weighted by atomic mass is 16.4. The predicted molar refractivity (Wildman–Crippen MR) is 68.1 cm³/mol. The van der Waals surface area contributed by atoms with Crippen LogP contribution in [0.3, 0.4) is 0 Å². The average molecular weight is 299 g/mol. The molecule has 0 aliphatic carbocycles. The third-order valence-corrected chi connectivity index (χ3v) is 0. The molecule has 0 heterocycles. The maximum Gasteiger partial charge on any atom is 0.300 e. The number of nitrogens with two attached hydrogens (primary N) is 1. The van der Waals surface area contributed by atoms with Crippen LogP contribution in [0.5, 0.6) is 0 Å². The molecule has 0 spiro atoms. The summed E-state index contributed by atoms with van der Waals surface area (Å²) in [6.45, 7) is 5.64. The first-order valence-corrected chi connectivity index (χ1v) is 4.70. The molecule has 0 aromatic heterocycles. The molecule has 10 heteroatoms. The Labute approximate surface area is 115 Å². The average Bonchev–Trinajstić information content (AvgIpc) is 1.94. The van der Waals surface area contributed by atoms with Crippen LogP contribution in [-0.4, -0.2) is 50.2 Å². The molecule has 20 heavy (non-hydrogen) atoms. The van der Waals surface area contributed by atoms with Gasteiger partial charge in [-0.1, -0.05) is 0 Å². The first-order valence-electron chi connectivity index (χ1n) is 4.70. The van der Waals surface area contributed by atoms with Gasteiger partial charge in [-0.25, -0.2) is 0 Å². The van der Waals surface area contributed by atoms with Crippen molar-refractivity contribution in [3.63, 3.8) is 0 Å². The van der Waals surface area contributed by atoms with Crippen molar-refractivity contribution >= 4 is 29.8 Å². The predicted octanol–water partition coefficient (Wildman–Crippen LogP) is -0.145. The highest BCUT2D eigenvalue weighted by molar-refractivity contribution is 5.70. The van der Waals surface area contributed by atoms with Gasteiger partial charge in [0.05, 0.1) is 0 Å². The lowest BCUT2D eigenvalue weighted by atomic mass is 10.8. The molecule has 0 saturated heterocycles. The number of hydrogen-bond acceptors (Lipinski definition) is 5. The zero-order valence-corrected chi connectivity index (χ0v) is 11.9. The number of amides is 1. The fourth-order valence-electron chi connectivity index (χ4n) is 0. The Hall–Kier alpha value is -2.65. The maximum absolute atomic E-state index is 9.22. The number of rotatable bonds is 0. The van der Waals surface area contributed by atoms with Gasteiger partial charge >= 0.3 is 0 Å². The monoisotopic (exact) mass is 299 g/mol. The van der Waals surface area contributed by atoms with Gasteiger partial charge in [0, 0.05) is 34.6 Å². The van der Waals surface area contributed by atoms with Gasteiger partial charge in [0.15, 0.2) is 0 Å². The van der Waals surface area contributed by atoms with E-state index < -0.39 is 23.9 Å². The van der Waals surface area contributed by atoms with Gasteiger partial charge in [-0.15, -0.1) is 0 Å². The fraction of sp³-hybridized carbons (Fsp3) is 0.500. The molecule has 0 rings (SSSR count). The molecule has 0 aromatic carbocycles. The Morgan fingerprint density at radius 3 is 0.550 bits per heavy atom. The van der Waals surface area contributed by atoms with E-state index in [2.05, 4.69) is 5.73 Å². The molecule has 0 aliphatic rings. The van der Waals surface area contributed by atoms with E-state index in [0.717, 1.165) is 27.7 Å². The first kappa shape index (κ1) is 30.4. The molecule has 0 fully saturated rings. The van der Waals surface area contributed by atoms with Crippen molar-refractivity contribution in [2.24, 2.45) is 5.73 Å². The van der Waals surface area contributed by atoms with Crippen LogP contribution in [0.2, 0.25) is 0 Å². The molecule has 0 aromatic rings. The van der Waals surface area contributed by atoms with E-state index in [1.54, 1.807) is 0 Å². The SMILES string of the molecule is CC(=O)O.CC(=O)O.CC(=O)O.CC(=O)O.CC(N)=O. The second kappa shape index (κ2) is 25.3. The molecular formula is C10H21NO9. The number of carboxylic acids is 4. The Morgan fingerprint density at radius 2 is 0.550 bits per heavy atom. The lowest BCUT2D eigenvalue weighted by Crippen LogP contribution is -2.01. The van der Waals surface area contributed by atoms with Crippen LogP contribution in [-0.2, 0) is 24.0 Å². The summed E-state index contributed by atoms with van der Waals surface area (Å²) in [5.41, 5.74) is 4.47. The summed E-state index contributed by atoms with van der Waals surface area (Å²) in [7, 11) is 0. The van der Waals surface area contributed by atoms with Crippen molar-refractivity contribution in [1.82, 2.24) is 0 Å². The van der Waals surface area contributed by atoms with E-state index >= 15 is 0 Å². The molecule has 0 bridgehead atoms. The normalized spacial score (nSPS) is 6.25. The lowest BCUT2D eigenvalue weighted by molar-refractivity contribution is -0.135. The third kappa shape index (κ3) is 450. The summed E-state index contributed by atoms with van der Waals surface area (Å²) in [5.74, 6) is -3.67. The number of carboxylic acid groups (broad SMARTS) is 4. The van der Waals surface area contributed by atoms with E-state index in [1.807, 2.05) is 0 Å². The zero-order chi connectivity index (χ0) is 17.9. The van der Waals surface area contributed by atoms with Crippen molar-refractivity contribution < 1.29 is 44.4 Å². The third-order valence-electron chi connectivity index (χ3n) is 0. The van der Waals surface area contributed by atoms with Crippen molar-refractivity contribution in [1.29, 1.82) is 0 Å². The smallest absolute Gasteiger partial charge is 0.300 e. The van der Waals surface area contributed by atoms with Gasteiger partial charge in [-0.3, -0.25) is 24.0 Å². The Morgan fingerprint density at radius 1 is 0.550 bits per heavy atom. The fourth-order valence-corrected chi connectivity index (χ4v) is 0. The molecule has 0 atom stereocenters. The van der Waals surface area contributed by atoms with Crippen molar-refractivity contribution in [2.75, 3.05) is 0 Å². The van der Waals surface area contributed by atoms with Crippen LogP contribution >= 0.6 is 0 Å². The second-order valence-electron chi connectivity index (χ2n) is 2.69. The minimum Gasteiger partial charge on any atom is -0.481 e. The first-order chi connectivity index (χ1) is 8.66. The molecular weight excluding hydrogens is 278 g/mol. The van der Waals surface area contributed by atoms with Crippen molar-refractivity contribution in [2.45, 2.75) is 34.6 Å². The molecule has 10 nitrogen and oxygen atoms in total. The standard InChI is InChI=1S/C2H5NO.4C2H4O2/c5*1-2(3)4/h1H3,(H2,3,4);4*1H3,(H,3,4). The summed E-state index contributed by atoms with van der Waals surface area (Å²) in [5, 5.41) is 29.7. The van der Waals surface area contributed by atoms with Crippen LogP contribution in [0, 0.1) is 0 Å². The number of hydrogen-bond donors (Lipinski definition) is 5. The second-order valence-corrected chi connectivity index (χ2v) is 2.69. The van der Waals surface area contributed by atoms with Crippen molar-refractivity contribution in [3.05, 3.63) is 0 Å². The lowest BCUT2D eigenvalue weighted by Gasteiger charge is -1.60. The topological polar surface area (TPSA) is 192 Å². The van der Waals surface area contributed by atoms with Crippen LogP contribution in [0.1, 0.15) is 34.6 Å². The number of primary amides is 1. The number of carbonyl (C=O) groups is 5. The summed E-state index contributed by atoms with van der Waals surface area (Å²) < 4.78 is 0. The van der Waals surface area contributed by atoms with Crippen LogP contribution < -0.4 is 5.73 Å². The van der Waals surface area contributed by atoms with Gasteiger partial charge in [0.2, 0.25) is 5.91 Å². The molecule has 0 saturated carbocycles. The highest BCUT2D eigenvalue weighted by Crippen LogP contribution is 1.43. The van der Waals surface area contributed by atoms with Crippen molar-refractivity contribution in [3.8, 4) is 0 Å². The molecule has 6 N–H and O–H groups in total. The van der Waals surface area contributed by atoms with Gasteiger partial charge in [-0.2, -0.15) is 0 Å². The van der Waals surface area contributed by atoms with Crippen LogP contribution in [0.4, 0.5) is 0 Å². The summed E-state index contributed by atoms with van der Waals surface area (Å²) in [6, 6.07) is 0. The highest BCUT2D eigenvalue weighted by Gasteiger charge is 1.66. The summed E-state index contributed by atoms with van der Waals surface area (Å²) in [6.07, 6.45) is 0. The number of aliphatic carboxylic acids is 4. The van der Waals surface area contributed by atoms with Gasteiger partial charge in [0.1, 0.15) is 0 Å². The minimum atomic E-state index is -0.833. The molecule has 120 valence electrons. The number of carbonyl (C=O) groups excluding carboxylic acids is 1. The Balaban J connectivity index is -0.0000000469. The van der Waals surface area contributed by atoms with Crippen LogP contribution in [0.15, 0.2) is 0 Å². The summed E-state index contributed by atoms with van der Waals surface area (Å²) in [4.78, 5) is 45.2. The minimum absolute atomic E-state index is 0.333. The van der Waals surface area contributed by atoms with Crippen LogP contribution in [0.25, 0.3) is 0 Å². The Bertz CT molecular complexity index is 209. The van der Waals surface area contributed by atoms with E-state index in [0.29, 0.717) is 0 Å². The maximum atomic E-state index is 9.22. The largest absolute Gasteiger partial charge is 0.481 e. The van der Waals surface area contributed by atoms with Gasteiger partial charge < -0.3 is 26.2 Å². The molecule has 1 amide bonds. The zero-order valence-electron chi connectivity index (χ0n) is 11.9. The van der Waals surface area contributed by atoms with E-state index in [1.165, 1.54) is 6.92 Å². The van der Waals surface area contributed by atoms with Gasteiger partial charge in [0.25, 0.3) is 23.9 Å². The van der Waals surface area contributed by atoms with E-state index in [4.69, 9.17) is 39.6 Å². The van der Waals surface area contributed by atoms with E-state index in [9.17, 15) is 4.79 Å². The quantitative estimate of drug-likeness (QED) is 0.404.